The first kappa shape index (κ1) is 11.8. The lowest BCUT2D eigenvalue weighted by Gasteiger charge is -2.38. The third kappa shape index (κ3) is 2.06. The van der Waals surface area contributed by atoms with Crippen molar-refractivity contribution in [1.82, 2.24) is 4.98 Å². The Morgan fingerprint density at radius 2 is 1.83 bits per heavy atom. The summed E-state index contributed by atoms with van der Waals surface area (Å²) in [5.41, 5.74) is 0. The molecule has 0 unspecified atom stereocenters. The SMILES string of the molecule is Fc1cnc(N2CCC3(CC2)OCCO3)c(F)c1. The Balaban J connectivity index is 1.72. The van der Waals surface area contributed by atoms with Gasteiger partial charge in [0.05, 0.1) is 19.4 Å². The second-order valence-electron chi connectivity index (χ2n) is 4.55. The molecule has 2 saturated heterocycles. The minimum atomic E-state index is -0.660. The standard InChI is InChI=1S/C12H14F2N2O2/c13-9-7-10(14)11(15-8-9)16-3-1-12(2-4-16)17-5-6-18-12/h7-8H,1-6H2. The fraction of sp³-hybridized carbons (Fsp3) is 0.583. The molecular formula is C12H14F2N2O2. The summed E-state index contributed by atoms with van der Waals surface area (Å²) in [4.78, 5) is 5.61. The van der Waals surface area contributed by atoms with Gasteiger partial charge < -0.3 is 14.4 Å². The summed E-state index contributed by atoms with van der Waals surface area (Å²) < 4.78 is 37.6. The van der Waals surface area contributed by atoms with Crippen LogP contribution in [0.25, 0.3) is 0 Å². The lowest BCUT2D eigenvalue weighted by atomic mass is 10.0. The number of anilines is 1. The maximum atomic E-state index is 13.6. The van der Waals surface area contributed by atoms with Crippen LogP contribution in [0.2, 0.25) is 0 Å². The van der Waals surface area contributed by atoms with Gasteiger partial charge >= 0.3 is 0 Å². The van der Waals surface area contributed by atoms with Gasteiger partial charge in [0.2, 0.25) is 0 Å². The minimum Gasteiger partial charge on any atom is -0.354 e. The van der Waals surface area contributed by atoms with Crippen LogP contribution in [0, 0.1) is 11.6 Å². The molecule has 1 aromatic heterocycles. The minimum absolute atomic E-state index is 0.198. The van der Waals surface area contributed by atoms with E-state index in [1.807, 2.05) is 0 Å². The van der Waals surface area contributed by atoms with Crippen molar-refractivity contribution in [3.8, 4) is 0 Å². The lowest BCUT2D eigenvalue weighted by molar-refractivity contribution is -0.169. The number of aromatic nitrogens is 1. The Bertz CT molecular complexity index is 440. The van der Waals surface area contributed by atoms with Crippen molar-refractivity contribution < 1.29 is 18.3 Å². The molecule has 1 spiro atoms. The second-order valence-corrected chi connectivity index (χ2v) is 4.55. The first-order chi connectivity index (χ1) is 8.69. The molecule has 0 atom stereocenters. The number of hydrogen-bond donors (Lipinski definition) is 0. The van der Waals surface area contributed by atoms with Gasteiger partial charge in [0, 0.05) is 32.0 Å². The van der Waals surface area contributed by atoms with Crippen molar-refractivity contribution in [1.29, 1.82) is 0 Å². The zero-order valence-electron chi connectivity index (χ0n) is 9.86. The molecule has 4 nitrogen and oxygen atoms in total. The third-order valence-corrected chi connectivity index (χ3v) is 3.43. The van der Waals surface area contributed by atoms with E-state index in [9.17, 15) is 8.78 Å². The highest BCUT2D eigenvalue weighted by atomic mass is 19.1. The van der Waals surface area contributed by atoms with Crippen LogP contribution in [0.15, 0.2) is 12.3 Å². The van der Waals surface area contributed by atoms with Crippen LogP contribution in [0.4, 0.5) is 14.6 Å². The number of halogens is 2. The third-order valence-electron chi connectivity index (χ3n) is 3.43. The molecule has 3 heterocycles. The van der Waals surface area contributed by atoms with Crippen LogP contribution in [-0.4, -0.2) is 37.1 Å². The molecule has 6 heteroatoms. The van der Waals surface area contributed by atoms with Crippen LogP contribution >= 0.6 is 0 Å². The quantitative estimate of drug-likeness (QED) is 0.766. The average Bonchev–Trinajstić information content (AvgIpc) is 2.80. The van der Waals surface area contributed by atoms with Crippen molar-refractivity contribution in [2.45, 2.75) is 18.6 Å². The van der Waals surface area contributed by atoms with Gasteiger partial charge in [-0.3, -0.25) is 0 Å². The lowest BCUT2D eigenvalue weighted by Crippen LogP contribution is -2.45. The van der Waals surface area contributed by atoms with E-state index in [1.165, 1.54) is 0 Å². The Hall–Kier alpha value is -1.27. The maximum absolute atomic E-state index is 13.6. The molecule has 0 aliphatic carbocycles. The average molecular weight is 256 g/mol. The summed E-state index contributed by atoms with van der Waals surface area (Å²) in [7, 11) is 0. The molecule has 1 aromatic rings. The van der Waals surface area contributed by atoms with Gasteiger partial charge in [0.1, 0.15) is 5.82 Å². The van der Waals surface area contributed by atoms with Crippen LogP contribution in [0.1, 0.15) is 12.8 Å². The van der Waals surface area contributed by atoms with Gasteiger partial charge in [0.15, 0.2) is 17.4 Å². The van der Waals surface area contributed by atoms with Crippen molar-refractivity contribution >= 4 is 5.82 Å². The van der Waals surface area contributed by atoms with Crippen molar-refractivity contribution in [2.24, 2.45) is 0 Å². The molecule has 0 N–H and O–H groups in total. The zero-order chi connectivity index (χ0) is 12.6. The van der Waals surface area contributed by atoms with Gasteiger partial charge in [-0.2, -0.15) is 0 Å². The maximum Gasteiger partial charge on any atom is 0.171 e. The monoisotopic (exact) mass is 256 g/mol. The number of rotatable bonds is 1. The van der Waals surface area contributed by atoms with Crippen LogP contribution in [-0.2, 0) is 9.47 Å². The molecule has 2 fully saturated rings. The highest BCUT2D eigenvalue weighted by Gasteiger charge is 2.40. The Morgan fingerprint density at radius 1 is 1.17 bits per heavy atom. The number of nitrogens with zero attached hydrogens (tertiary/aromatic N) is 2. The Morgan fingerprint density at radius 3 is 2.44 bits per heavy atom. The predicted octanol–water partition coefficient (Wildman–Crippen LogP) is 1.70. The molecule has 0 aromatic carbocycles. The summed E-state index contributed by atoms with van der Waals surface area (Å²) >= 11 is 0. The van der Waals surface area contributed by atoms with E-state index >= 15 is 0 Å². The second kappa shape index (κ2) is 4.44. The van der Waals surface area contributed by atoms with Crippen molar-refractivity contribution in [3.05, 3.63) is 23.9 Å². The number of hydrogen-bond acceptors (Lipinski definition) is 4. The molecular weight excluding hydrogens is 242 g/mol. The molecule has 18 heavy (non-hydrogen) atoms. The molecule has 0 bridgehead atoms. The highest BCUT2D eigenvalue weighted by molar-refractivity contribution is 5.40. The fourth-order valence-electron chi connectivity index (χ4n) is 2.48. The van der Waals surface area contributed by atoms with E-state index in [0.29, 0.717) is 39.1 Å². The molecule has 0 amide bonds. The fourth-order valence-corrected chi connectivity index (χ4v) is 2.48. The van der Waals surface area contributed by atoms with E-state index in [-0.39, 0.29) is 5.82 Å². The molecule has 98 valence electrons. The van der Waals surface area contributed by atoms with Gasteiger partial charge in [-0.25, -0.2) is 13.8 Å². The van der Waals surface area contributed by atoms with E-state index in [2.05, 4.69) is 4.98 Å². The Labute approximate surface area is 104 Å². The summed E-state index contributed by atoms with van der Waals surface area (Å²) in [6, 6.07) is 0.856. The Kier molecular flexibility index (Phi) is 2.91. The van der Waals surface area contributed by atoms with E-state index in [1.54, 1.807) is 4.90 Å². The molecule has 3 rings (SSSR count). The summed E-state index contributed by atoms with van der Waals surface area (Å²) in [6.45, 7) is 2.41. The number of piperidine rings is 1. The van der Waals surface area contributed by atoms with Crippen LogP contribution < -0.4 is 4.90 Å². The number of pyridine rings is 1. The van der Waals surface area contributed by atoms with Crippen molar-refractivity contribution in [2.75, 3.05) is 31.2 Å². The summed E-state index contributed by atoms with van der Waals surface area (Å²) in [5.74, 6) is -1.58. The molecule has 0 radical (unpaired) electrons. The largest absolute Gasteiger partial charge is 0.354 e. The van der Waals surface area contributed by atoms with Crippen molar-refractivity contribution in [3.63, 3.8) is 0 Å². The first-order valence-electron chi connectivity index (χ1n) is 6.02. The van der Waals surface area contributed by atoms with Crippen LogP contribution in [0.3, 0.4) is 0 Å². The topological polar surface area (TPSA) is 34.6 Å². The normalized spacial score (nSPS) is 22.7. The van der Waals surface area contributed by atoms with Gasteiger partial charge in [0.25, 0.3) is 0 Å². The molecule has 2 aliphatic heterocycles. The highest BCUT2D eigenvalue weighted by Crippen LogP contribution is 2.33. The van der Waals surface area contributed by atoms with E-state index < -0.39 is 17.4 Å². The molecule has 2 aliphatic rings. The van der Waals surface area contributed by atoms with Gasteiger partial charge in [-0.05, 0) is 0 Å². The van der Waals surface area contributed by atoms with E-state index in [0.717, 1.165) is 12.3 Å². The molecule has 0 saturated carbocycles. The van der Waals surface area contributed by atoms with Gasteiger partial charge in [-0.15, -0.1) is 0 Å². The first-order valence-corrected chi connectivity index (χ1v) is 6.02. The zero-order valence-corrected chi connectivity index (χ0v) is 9.86. The smallest absolute Gasteiger partial charge is 0.171 e. The van der Waals surface area contributed by atoms with Crippen LogP contribution in [0.5, 0.6) is 0 Å². The van der Waals surface area contributed by atoms with Gasteiger partial charge in [-0.1, -0.05) is 0 Å². The summed E-state index contributed by atoms with van der Waals surface area (Å²) in [5, 5.41) is 0. The number of ether oxygens (including phenoxy) is 2. The predicted molar refractivity (Wildman–Crippen MR) is 60.2 cm³/mol. The summed E-state index contributed by atoms with van der Waals surface area (Å²) in [6.07, 6.45) is 2.38. The van der Waals surface area contributed by atoms with E-state index in [4.69, 9.17) is 9.47 Å².